The minimum Gasteiger partial charge on any atom is -0.395 e. The van der Waals surface area contributed by atoms with Crippen LogP contribution in [0.2, 0.25) is 0 Å². The van der Waals surface area contributed by atoms with Gasteiger partial charge in [0.05, 0.1) is 6.61 Å². The highest BCUT2D eigenvalue weighted by molar-refractivity contribution is 5.94. The highest BCUT2D eigenvalue weighted by Crippen LogP contribution is 2.16. The van der Waals surface area contributed by atoms with E-state index in [4.69, 9.17) is 5.11 Å². The molecular weight excluding hydrogens is 216 g/mol. The Morgan fingerprint density at radius 1 is 1.41 bits per heavy atom. The number of hydrogen-bond acceptors (Lipinski definition) is 3. The van der Waals surface area contributed by atoms with Crippen LogP contribution in [0, 0.1) is 0 Å². The molecule has 0 aliphatic carbocycles. The van der Waals surface area contributed by atoms with Crippen molar-refractivity contribution in [1.82, 2.24) is 10.2 Å². The lowest BCUT2D eigenvalue weighted by atomic mass is 10.0. The third-order valence-corrected chi connectivity index (χ3v) is 3.51. The molecule has 0 aromatic carbocycles. The predicted molar refractivity (Wildman–Crippen MR) is 68.7 cm³/mol. The van der Waals surface area contributed by atoms with E-state index in [2.05, 4.69) is 19.2 Å². The SMILES string of the molecule is CCC(CC)N(CCO)C(=O)C(C)=C1CNC1. The zero-order chi connectivity index (χ0) is 12.8. The average Bonchev–Trinajstić information content (AvgIpc) is 2.26. The second kappa shape index (κ2) is 6.77. The summed E-state index contributed by atoms with van der Waals surface area (Å²) in [5.41, 5.74) is 2.05. The van der Waals surface area contributed by atoms with Gasteiger partial charge in [0.1, 0.15) is 0 Å². The molecule has 98 valence electrons. The fraction of sp³-hybridized carbons (Fsp3) is 0.769. The topological polar surface area (TPSA) is 52.6 Å². The van der Waals surface area contributed by atoms with Gasteiger partial charge in [-0.05, 0) is 25.3 Å². The first-order valence-electron chi connectivity index (χ1n) is 6.46. The summed E-state index contributed by atoms with van der Waals surface area (Å²) in [6, 6.07) is 0.234. The van der Waals surface area contributed by atoms with E-state index in [1.807, 2.05) is 11.8 Å². The Morgan fingerprint density at radius 2 is 2.00 bits per heavy atom. The number of carbonyl (C=O) groups excluding carboxylic acids is 1. The molecule has 0 bridgehead atoms. The number of rotatable bonds is 6. The van der Waals surface area contributed by atoms with Gasteiger partial charge in [-0.25, -0.2) is 0 Å². The molecule has 1 heterocycles. The maximum Gasteiger partial charge on any atom is 0.249 e. The van der Waals surface area contributed by atoms with Crippen LogP contribution in [0.4, 0.5) is 0 Å². The molecule has 0 radical (unpaired) electrons. The fourth-order valence-electron chi connectivity index (χ4n) is 2.17. The van der Waals surface area contributed by atoms with Gasteiger partial charge in [0.2, 0.25) is 5.91 Å². The molecule has 0 spiro atoms. The van der Waals surface area contributed by atoms with Crippen molar-refractivity contribution in [2.45, 2.75) is 39.7 Å². The van der Waals surface area contributed by atoms with Crippen molar-refractivity contribution in [3.8, 4) is 0 Å². The van der Waals surface area contributed by atoms with Gasteiger partial charge >= 0.3 is 0 Å². The molecule has 0 aromatic rings. The molecule has 1 saturated heterocycles. The summed E-state index contributed by atoms with van der Waals surface area (Å²) in [5.74, 6) is 0.0873. The molecule has 4 heteroatoms. The highest BCUT2D eigenvalue weighted by atomic mass is 16.3. The van der Waals surface area contributed by atoms with Crippen LogP contribution in [0.15, 0.2) is 11.1 Å². The lowest BCUT2D eigenvalue weighted by molar-refractivity contribution is -0.130. The zero-order valence-corrected chi connectivity index (χ0v) is 11.1. The summed E-state index contributed by atoms with van der Waals surface area (Å²) < 4.78 is 0. The van der Waals surface area contributed by atoms with E-state index in [0.717, 1.165) is 31.5 Å². The second-order valence-electron chi connectivity index (χ2n) is 4.52. The zero-order valence-electron chi connectivity index (χ0n) is 11.1. The Kier molecular flexibility index (Phi) is 5.65. The van der Waals surface area contributed by atoms with Gasteiger partial charge in [0.25, 0.3) is 0 Å². The highest BCUT2D eigenvalue weighted by Gasteiger charge is 2.24. The monoisotopic (exact) mass is 240 g/mol. The largest absolute Gasteiger partial charge is 0.395 e. The van der Waals surface area contributed by atoms with Gasteiger partial charge in [-0.15, -0.1) is 0 Å². The molecule has 17 heavy (non-hydrogen) atoms. The van der Waals surface area contributed by atoms with Gasteiger partial charge in [-0.2, -0.15) is 0 Å². The van der Waals surface area contributed by atoms with Crippen LogP contribution in [0.1, 0.15) is 33.6 Å². The Labute approximate surface area is 104 Å². The Balaban J connectivity index is 2.78. The van der Waals surface area contributed by atoms with E-state index in [1.165, 1.54) is 5.57 Å². The molecular formula is C13H24N2O2. The van der Waals surface area contributed by atoms with Crippen molar-refractivity contribution < 1.29 is 9.90 Å². The molecule has 2 N–H and O–H groups in total. The van der Waals surface area contributed by atoms with E-state index in [9.17, 15) is 4.79 Å². The average molecular weight is 240 g/mol. The molecule has 0 atom stereocenters. The van der Waals surface area contributed by atoms with Gasteiger partial charge in [0.15, 0.2) is 0 Å². The van der Waals surface area contributed by atoms with Crippen molar-refractivity contribution >= 4 is 5.91 Å². The molecule has 1 amide bonds. The number of nitrogens with one attached hydrogen (secondary N) is 1. The Hall–Kier alpha value is -0.870. The number of hydrogen-bond donors (Lipinski definition) is 2. The van der Waals surface area contributed by atoms with Crippen molar-refractivity contribution in [2.75, 3.05) is 26.2 Å². The van der Waals surface area contributed by atoms with Crippen LogP contribution < -0.4 is 5.32 Å². The summed E-state index contributed by atoms with van der Waals surface area (Å²) >= 11 is 0. The van der Waals surface area contributed by atoms with E-state index in [0.29, 0.717) is 6.54 Å². The maximum absolute atomic E-state index is 12.4. The quantitative estimate of drug-likeness (QED) is 0.679. The van der Waals surface area contributed by atoms with Crippen molar-refractivity contribution in [2.24, 2.45) is 0 Å². The van der Waals surface area contributed by atoms with Crippen molar-refractivity contribution in [3.63, 3.8) is 0 Å². The smallest absolute Gasteiger partial charge is 0.249 e. The van der Waals surface area contributed by atoms with Crippen LogP contribution in [-0.2, 0) is 4.79 Å². The summed E-state index contributed by atoms with van der Waals surface area (Å²) in [6.45, 7) is 8.18. The molecule has 1 rings (SSSR count). The fourth-order valence-corrected chi connectivity index (χ4v) is 2.17. The Bertz CT molecular complexity index is 290. The second-order valence-corrected chi connectivity index (χ2v) is 4.52. The first-order valence-corrected chi connectivity index (χ1v) is 6.46. The standard InChI is InChI=1S/C13H24N2O2/c1-4-12(5-2)15(6-7-16)13(17)10(3)11-8-14-9-11/h12,14,16H,4-9H2,1-3H3. The van der Waals surface area contributed by atoms with E-state index in [-0.39, 0.29) is 18.6 Å². The maximum atomic E-state index is 12.4. The van der Waals surface area contributed by atoms with Crippen LogP contribution in [0.5, 0.6) is 0 Å². The molecule has 4 nitrogen and oxygen atoms in total. The van der Waals surface area contributed by atoms with E-state index >= 15 is 0 Å². The first-order chi connectivity index (χ1) is 8.15. The number of aliphatic hydroxyl groups excluding tert-OH is 1. The van der Waals surface area contributed by atoms with Gasteiger partial charge < -0.3 is 15.3 Å². The van der Waals surface area contributed by atoms with Gasteiger partial charge in [0, 0.05) is 31.2 Å². The number of nitrogens with zero attached hydrogens (tertiary/aromatic N) is 1. The van der Waals surface area contributed by atoms with Gasteiger partial charge in [-0.1, -0.05) is 13.8 Å². The van der Waals surface area contributed by atoms with Crippen LogP contribution in [0.3, 0.4) is 0 Å². The molecule has 1 aliphatic heterocycles. The lowest BCUT2D eigenvalue weighted by Crippen LogP contribution is -2.44. The normalized spacial score (nSPS) is 14.8. The first kappa shape index (κ1) is 14.2. The summed E-state index contributed by atoms with van der Waals surface area (Å²) in [6.07, 6.45) is 1.87. The van der Waals surface area contributed by atoms with E-state index in [1.54, 1.807) is 0 Å². The third kappa shape index (κ3) is 3.30. The van der Waals surface area contributed by atoms with Crippen LogP contribution in [0.25, 0.3) is 0 Å². The van der Waals surface area contributed by atoms with Crippen molar-refractivity contribution in [3.05, 3.63) is 11.1 Å². The molecule has 1 aliphatic rings. The number of carbonyl (C=O) groups is 1. The van der Waals surface area contributed by atoms with Gasteiger partial charge in [-0.3, -0.25) is 4.79 Å². The third-order valence-electron chi connectivity index (χ3n) is 3.51. The Morgan fingerprint density at radius 3 is 2.35 bits per heavy atom. The minimum absolute atomic E-state index is 0.0309. The minimum atomic E-state index is 0.0309. The summed E-state index contributed by atoms with van der Waals surface area (Å²) in [7, 11) is 0. The summed E-state index contributed by atoms with van der Waals surface area (Å²) in [4.78, 5) is 14.2. The number of aliphatic hydroxyl groups is 1. The molecule has 0 saturated carbocycles. The molecule has 1 fully saturated rings. The lowest BCUT2D eigenvalue weighted by Gasteiger charge is -2.32. The summed E-state index contributed by atoms with van der Waals surface area (Å²) in [5, 5.41) is 12.2. The van der Waals surface area contributed by atoms with Crippen molar-refractivity contribution in [1.29, 1.82) is 0 Å². The van der Waals surface area contributed by atoms with Crippen LogP contribution >= 0.6 is 0 Å². The number of amides is 1. The molecule has 0 unspecified atom stereocenters. The van der Waals surface area contributed by atoms with E-state index < -0.39 is 0 Å². The van der Waals surface area contributed by atoms with Crippen LogP contribution in [-0.4, -0.2) is 48.2 Å². The predicted octanol–water partition coefficient (Wildman–Crippen LogP) is 0.916. The molecule has 0 aromatic heterocycles.